The Kier molecular flexibility index (Phi) is 6.86. The molecular weight excluding hydrogens is 286 g/mol. The SMILES string of the molecule is CCCNCC1CCC(CCC)CC1c1ccc(Cl)s1. The molecule has 0 saturated heterocycles. The van der Waals surface area contributed by atoms with Gasteiger partial charge in [0, 0.05) is 4.88 Å². The number of nitrogens with one attached hydrogen (secondary N) is 1. The summed E-state index contributed by atoms with van der Waals surface area (Å²) in [5.41, 5.74) is 0. The van der Waals surface area contributed by atoms with Gasteiger partial charge in [-0.1, -0.05) is 44.7 Å². The molecule has 1 fully saturated rings. The Morgan fingerprint density at radius 3 is 2.75 bits per heavy atom. The van der Waals surface area contributed by atoms with Crippen LogP contribution in [-0.2, 0) is 0 Å². The van der Waals surface area contributed by atoms with Gasteiger partial charge in [0.05, 0.1) is 4.34 Å². The van der Waals surface area contributed by atoms with Gasteiger partial charge in [-0.3, -0.25) is 0 Å². The van der Waals surface area contributed by atoms with Crippen LogP contribution in [0.1, 0.15) is 63.2 Å². The van der Waals surface area contributed by atoms with Gasteiger partial charge in [-0.25, -0.2) is 0 Å². The van der Waals surface area contributed by atoms with Gasteiger partial charge >= 0.3 is 0 Å². The summed E-state index contributed by atoms with van der Waals surface area (Å²) in [4.78, 5) is 1.51. The van der Waals surface area contributed by atoms with Gasteiger partial charge in [0.2, 0.25) is 0 Å². The van der Waals surface area contributed by atoms with Crippen LogP contribution in [0, 0.1) is 11.8 Å². The molecule has 0 spiro atoms. The fraction of sp³-hybridized carbons (Fsp3) is 0.765. The minimum Gasteiger partial charge on any atom is -0.316 e. The molecular formula is C17H28ClNS. The van der Waals surface area contributed by atoms with E-state index in [9.17, 15) is 0 Å². The zero-order valence-corrected chi connectivity index (χ0v) is 14.4. The van der Waals surface area contributed by atoms with Crippen LogP contribution >= 0.6 is 22.9 Å². The summed E-state index contributed by atoms with van der Waals surface area (Å²) in [7, 11) is 0. The molecule has 1 N–H and O–H groups in total. The van der Waals surface area contributed by atoms with Gasteiger partial charge in [-0.15, -0.1) is 11.3 Å². The highest BCUT2D eigenvalue weighted by Gasteiger charge is 2.31. The smallest absolute Gasteiger partial charge is 0.0931 e. The van der Waals surface area contributed by atoms with Crippen molar-refractivity contribution in [3.63, 3.8) is 0 Å². The maximum atomic E-state index is 6.15. The molecule has 2 rings (SSSR count). The van der Waals surface area contributed by atoms with Crippen molar-refractivity contribution in [3.05, 3.63) is 21.3 Å². The van der Waals surface area contributed by atoms with Crippen LogP contribution in [-0.4, -0.2) is 13.1 Å². The first-order chi connectivity index (χ1) is 9.74. The molecule has 20 heavy (non-hydrogen) atoms. The van der Waals surface area contributed by atoms with E-state index in [1.165, 1.54) is 49.9 Å². The third-order valence-corrected chi connectivity index (χ3v) is 5.95. The first-order valence-corrected chi connectivity index (χ1v) is 9.40. The molecule has 0 amide bonds. The monoisotopic (exact) mass is 313 g/mol. The van der Waals surface area contributed by atoms with E-state index in [0.717, 1.165) is 28.6 Å². The van der Waals surface area contributed by atoms with Crippen molar-refractivity contribution < 1.29 is 0 Å². The lowest BCUT2D eigenvalue weighted by Crippen LogP contribution is -2.32. The van der Waals surface area contributed by atoms with E-state index in [1.54, 1.807) is 11.3 Å². The van der Waals surface area contributed by atoms with Gasteiger partial charge in [0.1, 0.15) is 0 Å². The zero-order chi connectivity index (χ0) is 14.4. The number of rotatable bonds is 7. The molecule has 1 aliphatic rings. The Balaban J connectivity index is 2.01. The average molecular weight is 314 g/mol. The van der Waals surface area contributed by atoms with Gasteiger partial charge in [0.25, 0.3) is 0 Å². The average Bonchev–Trinajstić information content (AvgIpc) is 2.87. The Labute approximate surface area is 133 Å². The van der Waals surface area contributed by atoms with Crippen LogP contribution in [0.5, 0.6) is 0 Å². The van der Waals surface area contributed by atoms with Crippen LogP contribution in [0.3, 0.4) is 0 Å². The quantitative estimate of drug-likeness (QED) is 0.636. The largest absolute Gasteiger partial charge is 0.316 e. The Bertz CT molecular complexity index is 390. The van der Waals surface area contributed by atoms with E-state index < -0.39 is 0 Å². The topological polar surface area (TPSA) is 12.0 Å². The maximum absolute atomic E-state index is 6.15. The molecule has 3 heteroatoms. The van der Waals surface area contributed by atoms with Crippen LogP contribution in [0.4, 0.5) is 0 Å². The summed E-state index contributed by atoms with van der Waals surface area (Å²) >= 11 is 7.95. The van der Waals surface area contributed by atoms with Gasteiger partial charge in [-0.05, 0) is 62.2 Å². The molecule has 114 valence electrons. The molecule has 0 radical (unpaired) electrons. The lowest BCUT2D eigenvalue weighted by molar-refractivity contribution is 0.223. The van der Waals surface area contributed by atoms with Crippen molar-refractivity contribution in [1.82, 2.24) is 5.32 Å². The highest BCUT2D eigenvalue weighted by atomic mass is 35.5. The van der Waals surface area contributed by atoms with Crippen molar-refractivity contribution in [2.24, 2.45) is 11.8 Å². The summed E-state index contributed by atoms with van der Waals surface area (Å²) in [6, 6.07) is 4.33. The summed E-state index contributed by atoms with van der Waals surface area (Å²) in [6.07, 6.45) is 8.10. The van der Waals surface area contributed by atoms with Crippen molar-refractivity contribution >= 4 is 22.9 Å². The summed E-state index contributed by atoms with van der Waals surface area (Å²) < 4.78 is 0.942. The molecule has 1 heterocycles. The zero-order valence-electron chi connectivity index (χ0n) is 12.8. The van der Waals surface area contributed by atoms with Gasteiger partial charge < -0.3 is 5.32 Å². The molecule has 1 nitrogen and oxygen atoms in total. The molecule has 0 aromatic carbocycles. The first-order valence-electron chi connectivity index (χ1n) is 8.20. The summed E-state index contributed by atoms with van der Waals surface area (Å²) in [5.74, 6) is 2.44. The molecule has 0 bridgehead atoms. The standard InChI is InChI=1S/C17H28ClNS/c1-3-5-13-6-7-14(12-19-10-4-2)15(11-13)16-8-9-17(18)20-16/h8-9,13-15,19H,3-7,10-12H2,1-2H3. The second kappa shape index (κ2) is 8.41. The predicted octanol–water partition coefficient (Wildman–Crippen LogP) is 5.70. The Morgan fingerprint density at radius 2 is 2.10 bits per heavy atom. The van der Waals surface area contributed by atoms with Crippen molar-refractivity contribution in [3.8, 4) is 0 Å². The predicted molar refractivity (Wildman–Crippen MR) is 91.0 cm³/mol. The second-order valence-corrected chi connectivity index (χ2v) is 7.93. The normalized spacial score (nSPS) is 26.9. The van der Waals surface area contributed by atoms with E-state index >= 15 is 0 Å². The third-order valence-electron chi connectivity index (χ3n) is 4.59. The molecule has 3 unspecified atom stereocenters. The third kappa shape index (κ3) is 4.47. The summed E-state index contributed by atoms with van der Waals surface area (Å²) in [6.45, 7) is 6.87. The first kappa shape index (κ1) is 16.3. The number of hydrogen-bond acceptors (Lipinski definition) is 2. The highest BCUT2D eigenvalue weighted by molar-refractivity contribution is 7.16. The van der Waals surface area contributed by atoms with Gasteiger partial charge in [-0.2, -0.15) is 0 Å². The lowest BCUT2D eigenvalue weighted by Gasteiger charge is -2.36. The van der Waals surface area contributed by atoms with Gasteiger partial charge in [0.15, 0.2) is 0 Å². The summed E-state index contributed by atoms with van der Waals surface area (Å²) in [5, 5.41) is 3.63. The number of thiophene rings is 1. The van der Waals surface area contributed by atoms with Crippen LogP contribution in [0.2, 0.25) is 4.34 Å². The molecule has 3 atom stereocenters. The maximum Gasteiger partial charge on any atom is 0.0931 e. The molecule has 1 aromatic rings. The van der Waals surface area contributed by atoms with Crippen molar-refractivity contribution in [1.29, 1.82) is 0 Å². The molecule has 0 aliphatic heterocycles. The minimum atomic E-state index is 0.724. The van der Waals surface area contributed by atoms with E-state index in [2.05, 4.69) is 31.3 Å². The van der Waals surface area contributed by atoms with E-state index in [-0.39, 0.29) is 0 Å². The van der Waals surface area contributed by atoms with E-state index in [1.807, 2.05) is 0 Å². The van der Waals surface area contributed by atoms with Crippen LogP contribution < -0.4 is 5.32 Å². The fourth-order valence-corrected chi connectivity index (χ4v) is 4.84. The van der Waals surface area contributed by atoms with E-state index in [4.69, 9.17) is 11.6 Å². The lowest BCUT2D eigenvalue weighted by atomic mass is 9.72. The molecule has 1 aliphatic carbocycles. The second-order valence-electron chi connectivity index (χ2n) is 6.18. The van der Waals surface area contributed by atoms with Crippen LogP contribution in [0.25, 0.3) is 0 Å². The Hall–Kier alpha value is -0.0500. The van der Waals surface area contributed by atoms with Crippen LogP contribution in [0.15, 0.2) is 12.1 Å². The minimum absolute atomic E-state index is 0.724. The van der Waals surface area contributed by atoms with E-state index in [0.29, 0.717) is 0 Å². The molecule has 1 saturated carbocycles. The molecule has 1 aromatic heterocycles. The number of halogens is 1. The van der Waals surface area contributed by atoms with Crippen molar-refractivity contribution in [2.45, 2.75) is 58.3 Å². The number of hydrogen-bond donors (Lipinski definition) is 1. The Morgan fingerprint density at radius 1 is 1.25 bits per heavy atom. The highest BCUT2D eigenvalue weighted by Crippen LogP contribution is 2.44. The van der Waals surface area contributed by atoms with Crippen molar-refractivity contribution in [2.75, 3.05) is 13.1 Å². The fourth-order valence-electron chi connectivity index (χ4n) is 3.58.